The fourth-order valence-electron chi connectivity index (χ4n) is 1.51. The van der Waals surface area contributed by atoms with E-state index in [1.165, 1.54) is 6.39 Å². The number of hydrogen-bond acceptors (Lipinski definition) is 3. The number of nitrogens with zero attached hydrogens (tertiary/aromatic N) is 1. The normalized spacial score (nSPS) is 12.2. The molecule has 2 rings (SSSR count). The van der Waals surface area contributed by atoms with Gasteiger partial charge in [0.1, 0.15) is 5.52 Å². The van der Waals surface area contributed by atoms with Gasteiger partial charge in [-0.05, 0) is 31.5 Å². The second kappa shape index (κ2) is 3.10. The monoisotopic (exact) mass is 191 g/mol. The lowest BCUT2D eigenvalue weighted by atomic mass is 9.99. The highest BCUT2D eigenvalue weighted by molar-refractivity contribution is 5.72. The van der Waals surface area contributed by atoms with Crippen molar-refractivity contribution in [3.63, 3.8) is 0 Å². The first-order valence-electron chi connectivity index (χ1n) is 4.59. The van der Waals surface area contributed by atoms with Gasteiger partial charge in [-0.2, -0.15) is 0 Å². The van der Waals surface area contributed by atoms with Gasteiger partial charge in [0.05, 0.1) is 5.60 Å². The third-order valence-corrected chi connectivity index (χ3v) is 2.03. The summed E-state index contributed by atoms with van der Waals surface area (Å²) in [6.45, 7) is 3.58. The third-order valence-electron chi connectivity index (χ3n) is 2.03. The smallest absolute Gasteiger partial charge is 0.181 e. The number of hydrogen-bond donors (Lipinski definition) is 1. The minimum Gasteiger partial charge on any atom is -0.443 e. The fraction of sp³-hybridized carbons (Fsp3) is 0.364. The molecule has 1 aromatic heterocycles. The Kier molecular flexibility index (Phi) is 2.04. The molecule has 0 fully saturated rings. The van der Waals surface area contributed by atoms with Crippen LogP contribution in [0.15, 0.2) is 29.0 Å². The van der Waals surface area contributed by atoms with Crippen LogP contribution in [0.4, 0.5) is 0 Å². The summed E-state index contributed by atoms with van der Waals surface area (Å²) in [7, 11) is 0. The zero-order valence-electron chi connectivity index (χ0n) is 8.32. The van der Waals surface area contributed by atoms with Crippen LogP contribution in [0.3, 0.4) is 0 Å². The highest BCUT2D eigenvalue weighted by Gasteiger charge is 2.13. The van der Waals surface area contributed by atoms with Gasteiger partial charge in [-0.15, -0.1) is 0 Å². The van der Waals surface area contributed by atoms with Gasteiger partial charge in [0, 0.05) is 6.42 Å². The van der Waals surface area contributed by atoms with E-state index in [1.54, 1.807) is 13.8 Å². The summed E-state index contributed by atoms with van der Waals surface area (Å²) >= 11 is 0. The van der Waals surface area contributed by atoms with E-state index >= 15 is 0 Å². The SMILES string of the molecule is CC(C)(O)Cc1ccc2ocnc2c1. The van der Waals surface area contributed by atoms with Crippen LogP contribution in [0.1, 0.15) is 19.4 Å². The van der Waals surface area contributed by atoms with Gasteiger partial charge in [0.2, 0.25) is 0 Å². The Hall–Kier alpha value is -1.35. The van der Waals surface area contributed by atoms with E-state index in [0.29, 0.717) is 6.42 Å². The van der Waals surface area contributed by atoms with Gasteiger partial charge in [0.25, 0.3) is 0 Å². The summed E-state index contributed by atoms with van der Waals surface area (Å²) in [5, 5.41) is 9.65. The maximum atomic E-state index is 9.65. The molecular formula is C11H13NO2. The zero-order chi connectivity index (χ0) is 10.2. The van der Waals surface area contributed by atoms with Crippen molar-refractivity contribution < 1.29 is 9.52 Å². The van der Waals surface area contributed by atoms with Crippen molar-refractivity contribution in [2.24, 2.45) is 0 Å². The highest BCUT2D eigenvalue weighted by atomic mass is 16.3. The highest BCUT2D eigenvalue weighted by Crippen LogP contribution is 2.18. The number of aromatic nitrogens is 1. The predicted molar refractivity (Wildman–Crippen MR) is 54.0 cm³/mol. The number of rotatable bonds is 2. The maximum Gasteiger partial charge on any atom is 0.181 e. The molecule has 0 aliphatic heterocycles. The summed E-state index contributed by atoms with van der Waals surface area (Å²) in [6.07, 6.45) is 2.05. The minimum absolute atomic E-state index is 0.621. The topological polar surface area (TPSA) is 46.3 Å². The molecule has 0 radical (unpaired) electrons. The summed E-state index contributed by atoms with van der Waals surface area (Å²) in [5.74, 6) is 0. The molecule has 0 bridgehead atoms. The van der Waals surface area contributed by atoms with Crippen LogP contribution in [0.2, 0.25) is 0 Å². The van der Waals surface area contributed by atoms with Crippen molar-refractivity contribution in [3.8, 4) is 0 Å². The molecule has 1 heterocycles. The quantitative estimate of drug-likeness (QED) is 0.791. The standard InChI is InChI=1S/C11H13NO2/c1-11(2,13)6-8-3-4-10-9(5-8)12-7-14-10/h3-5,7,13H,6H2,1-2H3. The Morgan fingerprint density at radius 2 is 2.21 bits per heavy atom. The molecule has 14 heavy (non-hydrogen) atoms. The van der Waals surface area contributed by atoms with Crippen molar-refractivity contribution in [1.29, 1.82) is 0 Å². The van der Waals surface area contributed by atoms with Gasteiger partial charge in [-0.3, -0.25) is 0 Å². The van der Waals surface area contributed by atoms with Crippen LogP contribution in [0.25, 0.3) is 11.1 Å². The molecule has 0 saturated heterocycles. The summed E-state index contributed by atoms with van der Waals surface area (Å²) in [4.78, 5) is 4.06. The number of benzene rings is 1. The first kappa shape index (κ1) is 9.21. The second-order valence-electron chi connectivity index (χ2n) is 4.14. The Morgan fingerprint density at radius 3 is 2.93 bits per heavy atom. The fourth-order valence-corrected chi connectivity index (χ4v) is 1.51. The molecular weight excluding hydrogens is 178 g/mol. The van der Waals surface area contributed by atoms with Crippen molar-refractivity contribution >= 4 is 11.1 Å². The maximum absolute atomic E-state index is 9.65. The molecule has 0 unspecified atom stereocenters. The van der Waals surface area contributed by atoms with Gasteiger partial charge in [-0.1, -0.05) is 6.07 Å². The molecule has 0 aliphatic rings. The average Bonchev–Trinajstić information content (AvgIpc) is 2.47. The van der Waals surface area contributed by atoms with Crippen LogP contribution in [0, 0.1) is 0 Å². The van der Waals surface area contributed by atoms with E-state index < -0.39 is 5.60 Å². The van der Waals surface area contributed by atoms with Crippen molar-refractivity contribution in [1.82, 2.24) is 4.98 Å². The van der Waals surface area contributed by atoms with Gasteiger partial charge in [0.15, 0.2) is 12.0 Å². The molecule has 0 amide bonds. The average molecular weight is 191 g/mol. The number of fused-ring (bicyclic) bond motifs is 1. The van der Waals surface area contributed by atoms with Crippen LogP contribution < -0.4 is 0 Å². The molecule has 0 aliphatic carbocycles. The summed E-state index contributed by atoms with van der Waals surface area (Å²) < 4.78 is 5.13. The van der Waals surface area contributed by atoms with Gasteiger partial charge >= 0.3 is 0 Å². The van der Waals surface area contributed by atoms with Crippen molar-refractivity contribution in [2.75, 3.05) is 0 Å². The molecule has 2 aromatic rings. The predicted octanol–water partition coefficient (Wildman–Crippen LogP) is 2.14. The second-order valence-corrected chi connectivity index (χ2v) is 4.14. The van der Waals surface area contributed by atoms with Gasteiger partial charge in [-0.25, -0.2) is 4.98 Å². The van der Waals surface area contributed by atoms with Crippen molar-refractivity contribution in [2.45, 2.75) is 25.9 Å². The van der Waals surface area contributed by atoms with E-state index in [4.69, 9.17) is 4.42 Å². The van der Waals surface area contributed by atoms with Crippen LogP contribution >= 0.6 is 0 Å². The van der Waals surface area contributed by atoms with Crippen LogP contribution in [-0.4, -0.2) is 15.7 Å². The lowest BCUT2D eigenvalue weighted by molar-refractivity contribution is 0.0810. The molecule has 1 N–H and O–H groups in total. The lowest BCUT2D eigenvalue weighted by Crippen LogP contribution is -2.21. The molecule has 0 saturated carbocycles. The van der Waals surface area contributed by atoms with E-state index in [1.807, 2.05) is 18.2 Å². The first-order valence-corrected chi connectivity index (χ1v) is 4.59. The van der Waals surface area contributed by atoms with E-state index in [0.717, 1.165) is 16.7 Å². The Labute approximate surface area is 82.4 Å². The van der Waals surface area contributed by atoms with Crippen molar-refractivity contribution in [3.05, 3.63) is 30.2 Å². The molecule has 3 nitrogen and oxygen atoms in total. The number of oxazole rings is 1. The third kappa shape index (κ3) is 1.93. The summed E-state index contributed by atoms with van der Waals surface area (Å²) in [6, 6.07) is 5.77. The van der Waals surface area contributed by atoms with Gasteiger partial charge < -0.3 is 9.52 Å². The minimum atomic E-state index is -0.683. The number of aliphatic hydroxyl groups is 1. The van der Waals surface area contributed by atoms with E-state index in [2.05, 4.69) is 4.98 Å². The Morgan fingerprint density at radius 1 is 1.43 bits per heavy atom. The molecule has 74 valence electrons. The summed E-state index contributed by atoms with van der Waals surface area (Å²) in [5.41, 5.74) is 2.01. The molecule has 0 spiro atoms. The van der Waals surface area contributed by atoms with E-state index in [9.17, 15) is 5.11 Å². The first-order chi connectivity index (χ1) is 6.54. The molecule has 0 atom stereocenters. The van der Waals surface area contributed by atoms with E-state index in [-0.39, 0.29) is 0 Å². The van der Waals surface area contributed by atoms with Crippen LogP contribution in [-0.2, 0) is 6.42 Å². The van der Waals surface area contributed by atoms with Crippen LogP contribution in [0.5, 0.6) is 0 Å². The molecule has 1 aromatic carbocycles. The largest absolute Gasteiger partial charge is 0.443 e. The molecule has 3 heteroatoms. The zero-order valence-corrected chi connectivity index (χ0v) is 8.32. The Balaban J connectivity index is 2.35. The Bertz CT molecular complexity index is 440. The lowest BCUT2D eigenvalue weighted by Gasteiger charge is -2.16.